The molecule has 3 saturated carbocycles. The Morgan fingerprint density at radius 3 is 1.85 bits per heavy atom. The first-order chi connectivity index (χ1) is 12.8. The van der Waals surface area contributed by atoms with E-state index in [-0.39, 0.29) is 0 Å². The fraction of sp³-hybridized carbons (Fsp3) is 1.00. The van der Waals surface area contributed by atoms with Crippen molar-refractivity contribution in [3.05, 3.63) is 0 Å². The molecule has 0 aromatic rings. The van der Waals surface area contributed by atoms with Crippen molar-refractivity contribution in [2.24, 2.45) is 11.8 Å². The van der Waals surface area contributed by atoms with Gasteiger partial charge in [-0.1, -0.05) is 102 Å². The predicted octanol–water partition coefficient (Wildman–Crippen LogP) is 7.86. The Hall–Kier alpha value is 0.480. The molecule has 0 unspecified atom stereocenters. The Labute approximate surface area is 176 Å². The molecule has 3 aliphatic rings. The molecule has 0 N–H and O–H groups in total. The average molecular weight is 385 g/mol. The highest BCUT2D eigenvalue weighted by atomic mass is 32.2. The maximum atomic E-state index is 6.14. The van der Waals surface area contributed by atoms with Crippen LogP contribution in [0, 0.1) is 11.8 Å². The van der Waals surface area contributed by atoms with Crippen LogP contribution in [0.4, 0.5) is 0 Å². The van der Waals surface area contributed by atoms with E-state index in [1.807, 2.05) is 0 Å². The third-order valence-corrected chi connectivity index (χ3v) is 10.0. The minimum Gasteiger partial charge on any atom is -0.152 e. The fourth-order valence-corrected chi connectivity index (χ4v) is 8.15. The zero-order valence-corrected chi connectivity index (χ0v) is 19.5. The van der Waals surface area contributed by atoms with E-state index in [0.29, 0.717) is 15.9 Å². The summed E-state index contributed by atoms with van der Waals surface area (Å²) in [5, 5.41) is 1.33. The Kier molecular flexibility index (Phi) is 7.82. The SMILES string of the molecule is [B]C1CCC(C(C)(C)[B]C2CCC(C(C)(C)SC3CCCCC3)CC2)CC1. The standard InChI is InChI=1S/C24H43B2S/c1-23(2,18-10-14-20(25)15-11-18)26-21-16-12-19(13-17-21)24(3,4)27-22-8-6-5-7-9-22/h18-22H,5-17H2,1-4H3. The van der Waals surface area contributed by atoms with Gasteiger partial charge in [-0.3, -0.25) is 0 Å². The minimum atomic E-state index is 0.393. The fourth-order valence-electron chi connectivity index (χ4n) is 6.30. The highest BCUT2D eigenvalue weighted by Gasteiger charge is 2.39. The molecule has 3 radical (unpaired) electrons. The van der Waals surface area contributed by atoms with E-state index in [4.69, 9.17) is 7.85 Å². The van der Waals surface area contributed by atoms with Gasteiger partial charge in [-0.2, -0.15) is 11.8 Å². The number of thioether (sulfide) groups is 1. The first-order valence-electron chi connectivity index (χ1n) is 12.1. The summed E-state index contributed by atoms with van der Waals surface area (Å²) in [6.45, 7) is 10.1. The Morgan fingerprint density at radius 2 is 1.26 bits per heavy atom. The molecule has 0 amide bonds. The third-order valence-electron chi connectivity index (χ3n) is 8.27. The first-order valence-corrected chi connectivity index (χ1v) is 12.9. The summed E-state index contributed by atoms with van der Waals surface area (Å²) >= 11 is 2.34. The molecule has 3 aliphatic carbocycles. The molecule has 0 bridgehead atoms. The van der Waals surface area contributed by atoms with E-state index in [1.165, 1.54) is 83.5 Å². The molecule has 0 spiro atoms. The molecule has 0 aliphatic heterocycles. The lowest BCUT2D eigenvalue weighted by Crippen LogP contribution is -2.35. The molecule has 0 atom stereocenters. The smallest absolute Gasteiger partial charge is 0.121 e. The molecular formula is C24H43B2S. The third kappa shape index (κ3) is 6.23. The van der Waals surface area contributed by atoms with Gasteiger partial charge in [0.1, 0.15) is 7.28 Å². The molecule has 27 heavy (non-hydrogen) atoms. The largest absolute Gasteiger partial charge is 0.152 e. The van der Waals surface area contributed by atoms with E-state index in [9.17, 15) is 0 Å². The number of hydrogen-bond donors (Lipinski definition) is 0. The highest BCUT2D eigenvalue weighted by Crippen LogP contribution is 2.51. The van der Waals surface area contributed by atoms with Crippen molar-refractivity contribution < 1.29 is 0 Å². The summed E-state index contributed by atoms with van der Waals surface area (Å²) < 4.78 is 0.474. The normalized spacial score (nSPS) is 34.4. The predicted molar refractivity (Wildman–Crippen MR) is 126 cm³/mol. The zero-order chi connectivity index (χ0) is 19.5. The Morgan fingerprint density at radius 1 is 0.704 bits per heavy atom. The molecule has 0 heterocycles. The van der Waals surface area contributed by atoms with E-state index < -0.39 is 0 Å². The second-order valence-corrected chi connectivity index (χ2v) is 13.1. The van der Waals surface area contributed by atoms with Crippen LogP contribution in [0.15, 0.2) is 0 Å². The van der Waals surface area contributed by atoms with Crippen LogP contribution in [0.25, 0.3) is 0 Å². The summed E-state index contributed by atoms with van der Waals surface area (Å²) in [7, 11) is 8.91. The van der Waals surface area contributed by atoms with Crippen LogP contribution in [0.2, 0.25) is 16.9 Å². The van der Waals surface area contributed by atoms with Gasteiger partial charge in [0, 0.05) is 10.00 Å². The van der Waals surface area contributed by atoms with Crippen LogP contribution in [0.1, 0.15) is 111 Å². The van der Waals surface area contributed by atoms with Crippen LogP contribution < -0.4 is 0 Å². The lowest BCUT2D eigenvalue weighted by Gasteiger charge is -2.44. The quantitative estimate of drug-likeness (QED) is 0.419. The van der Waals surface area contributed by atoms with Crippen molar-refractivity contribution in [1.82, 2.24) is 0 Å². The monoisotopic (exact) mass is 385 g/mol. The summed E-state index contributed by atoms with van der Waals surface area (Å²) in [5.41, 5.74) is 0. The Bertz CT molecular complexity index is 439. The van der Waals surface area contributed by atoms with Crippen LogP contribution in [-0.4, -0.2) is 25.1 Å². The van der Waals surface area contributed by atoms with Gasteiger partial charge in [0.05, 0.1) is 7.85 Å². The van der Waals surface area contributed by atoms with Gasteiger partial charge in [-0.25, -0.2) is 0 Å². The lowest BCUT2D eigenvalue weighted by atomic mass is 9.39. The van der Waals surface area contributed by atoms with E-state index in [0.717, 1.165) is 22.9 Å². The summed E-state index contributed by atoms with van der Waals surface area (Å²) in [6, 6.07) is 0. The van der Waals surface area contributed by atoms with Gasteiger partial charge in [0.25, 0.3) is 0 Å². The van der Waals surface area contributed by atoms with Gasteiger partial charge in [0.2, 0.25) is 0 Å². The van der Waals surface area contributed by atoms with Crippen molar-refractivity contribution in [1.29, 1.82) is 0 Å². The van der Waals surface area contributed by atoms with Crippen molar-refractivity contribution in [2.75, 3.05) is 0 Å². The van der Waals surface area contributed by atoms with Gasteiger partial charge in [-0.05, 0) is 37.5 Å². The zero-order valence-electron chi connectivity index (χ0n) is 18.6. The van der Waals surface area contributed by atoms with Crippen molar-refractivity contribution >= 4 is 26.9 Å². The lowest BCUT2D eigenvalue weighted by molar-refractivity contribution is 0.275. The van der Waals surface area contributed by atoms with E-state index in [1.54, 1.807) is 0 Å². The van der Waals surface area contributed by atoms with Crippen LogP contribution in [0.5, 0.6) is 0 Å². The van der Waals surface area contributed by atoms with E-state index in [2.05, 4.69) is 46.7 Å². The molecule has 0 aromatic carbocycles. The van der Waals surface area contributed by atoms with Crippen molar-refractivity contribution in [3.63, 3.8) is 0 Å². The second-order valence-electron chi connectivity index (χ2n) is 11.2. The maximum absolute atomic E-state index is 6.14. The van der Waals surface area contributed by atoms with Crippen LogP contribution in [0.3, 0.4) is 0 Å². The molecule has 3 fully saturated rings. The molecule has 3 rings (SSSR count). The average Bonchev–Trinajstić information content (AvgIpc) is 2.63. The molecule has 151 valence electrons. The van der Waals surface area contributed by atoms with Gasteiger partial charge in [-0.15, -0.1) is 0 Å². The van der Waals surface area contributed by atoms with Gasteiger partial charge < -0.3 is 0 Å². The topological polar surface area (TPSA) is 0 Å². The van der Waals surface area contributed by atoms with Crippen molar-refractivity contribution in [2.45, 2.75) is 138 Å². The van der Waals surface area contributed by atoms with Gasteiger partial charge >= 0.3 is 0 Å². The van der Waals surface area contributed by atoms with Crippen molar-refractivity contribution in [3.8, 4) is 0 Å². The van der Waals surface area contributed by atoms with Gasteiger partial charge in [0.15, 0.2) is 0 Å². The van der Waals surface area contributed by atoms with Crippen LogP contribution >= 0.6 is 11.8 Å². The second kappa shape index (κ2) is 9.53. The summed E-state index contributed by atoms with van der Waals surface area (Å²) in [6.07, 6.45) is 18.2. The molecule has 0 aromatic heterocycles. The summed E-state index contributed by atoms with van der Waals surface area (Å²) in [5.74, 6) is 3.09. The highest BCUT2D eigenvalue weighted by molar-refractivity contribution is 8.01. The molecular weight excluding hydrogens is 342 g/mol. The Balaban J connectivity index is 1.45. The van der Waals surface area contributed by atoms with Crippen LogP contribution in [-0.2, 0) is 0 Å². The summed E-state index contributed by atoms with van der Waals surface area (Å²) in [4.78, 5) is 0. The molecule has 0 nitrogen and oxygen atoms in total. The maximum Gasteiger partial charge on any atom is 0.121 e. The number of rotatable bonds is 6. The van der Waals surface area contributed by atoms with E-state index >= 15 is 0 Å². The number of hydrogen-bond acceptors (Lipinski definition) is 1. The molecule has 0 saturated heterocycles. The minimum absolute atomic E-state index is 0.393. The first kappa shape index (κ1) is 22.2. The molecule has 3 heteroatoms.